The van der Waals surface area contributed by atoms with Crippen molar-refractivity contribution in [3.63, 3.8) is 0 Å². The van der Waals surface area contributed by atoms with Crippen LogP contribution in [0.4, 0.5) is 0 Å². The Morgan fingerprint density at radius 3 is 2.56 bits per heavy atom. The van der Waals surface area contributed by atoms with Crippen LogP contribution < -0.4 is 4.74 Å². The zero-order valence-corrected chi connectivity index (χ0v) is 15.2. The van der Waals surface area contributed by atoms with Crippen molar-refractivity contribution in [1.82, 2.24) is 4.98 Å². The van der Waals surface area contributed by atoms with Crippen molar-refractivity contribution >= 4 is 5.97 Å². The first kappa shape index (κ1) is 19.0. The number of nitrogens with zero attached hydrogens (tertiary/aromatic N) is 1. The fourth-order valence-corrected chi connectivity index (χ4v) is 2.06. The van der Waals surface area contributed by atoms with Gasteiger partial charge < -0.3 is 18.6 Å². The van der Waals surface area contributed by atoms with E-state index in [9.17, 15) is 4.79 Å². The van der Waals surface area contributed by atoms with E-state index in [1.807, 2.05) is 24.3 Å². The Morgan fingerprint density at radius 1 is 1.20 bits per heavy atom. The average molecular weight is 347 g/mol. The van der Waals surface area contributed by atoms with Crippen molar-refractivity contribution < 1.29 is 23.4 Å². The number of benzene rings is 1. The highest BCUT2D eigenvalue weighted by Gasteiger charge is 2.16. The highest BCUT2D eigenvalue weighted by Crippen LogP contribution is 2.23. The molecule has 0 aliphatic heterocycles. The Balaban J connectivity index is 1.83. The van der Waals surface area contributed by atoms with Crippen molar-refractivity contribution in [2.75, 3.05) is 13.7 Å². The molecule has 1 aromatic carbocycles. The molecule has 25 heavy (non-hydrogen) atoms. The van der Waals surface area contributed by atoms with Gasteiger partial charge in [0.05, 0.1) is 13.3 Å². The first-order valence-corrected chi connectivity index (χ1v) is 8.37. The largest absolute Gasteiger partial charge is 0.497 e. The molecule has 0 saturated heterocycles. The lowest BCUT2D eigenvalue weighted by Gasteiger charge is -2.12. The average Bonchev–Trinajstić information content (AvgIpc) is 3.08. The van der Waals surface area contributed by atoms with Crippen molar-refractivity contribution in [3.8, 4) is 17.1 Å². The van der Waals surface area contributed by atoms with Crippen molar-refractivity contribution in [3.05, 3.63) is 36.4 Å². The van der Waals surface area contributed by atoms with E-state index in [1.165, 1.54) is 0 Å². The smallest absolute Gasteiger partial charge is 0.335 e. The summed E-state index contributed by atoms with van der Waals surface area (Å²) >= 11 is 0. The van der Waals surface area contributed by atoms with Crippen LogP contribution in [0, 0.1) is 5.92 Å². The standard InChI is InChI=1S/C19H25NO5/c1-13(2)9-10-23-14(3)19(21)24-12-18-20-11-17(25-18)15-5-7-16(22-4)8-6-15/h5-8,11,13-14H,9-10,12H2,1-4H3. The Kier molecular flexibility index (Phi) is 7.01. The SMILES string of the molecule is COc1ccc(-c2cnc(COC(=O)C(C)OCCC(C)C)o2)cc1. The summed E-state index contributed by atoms with van der Waals surface area (Å²) in [5.41, 5.74) is 0.872. The maximum Gasteiger partial charge on any atom is 0.335 e. The van der Waals surface area contributed by atoms with E-state index in [0.717, 1.165) is 17.7 Å². The third kappa shape index (κ3) is 5.90. The minimum absolute atomic E-state index is 0.0210. The molecule has 0 aliphatic carbocycles. The highest BCUT2D eigenvalue weighted by molar-refractivity contribution is 5.74. The van der Waals surface area contributed by atoms with Gasteiger partial charge in [0.1, 0.15) is 5.75 Å². The van der Waals surface area contributed by atoms with Crippen LogP contribution in [0.25, 0.3) is 11.3 Å². The number of esters is 1. The lowest BCUT2D eigenvalue weighted by molar-refractivity contribution is -0.158. The minimum atomic E-state index is -0.602. The second-order valence-electron chi connectivity index (χ2n) is 6.15. The molecular formula is C19H25NO5. The van der Waals surface area contributed by atoms with Crippen LogP contribution in [0.3, 0.4) is 0 Å². The Labute approximate surface area is 148 Å². The lowest BCUT2D eigenvalue weighted by Crippen LogP contribution is -2.24. The number of aromatic nitrogens is 1. The van der Waals surface area contributed by atoms with Crippen LogP contribution in [0.5, 0.6) is 5.75 Å². The van der Waals surface area contributed by atoms with Crippen LogP contribution in [-0.2, 0) is 20.9 Å². The van der Waals surface area contributed by atoms with Gasteiger partial charge in [-0.05, 0) is 43.5 Å². The number of ether oxygens (including phenoxy) is 3. The Hall–Kier alpha value is -2.34. The van der Waals surface area contributed by atoms with E-state index in [-0.39, 0.29) is 6.61 Å². The molecule has 0 fully saturated rings. The number of hydrogen-bond acceptors (Lipinski definition) is 6. The molecule has 6 nitrogen and oxygen atoms in total. The highest BCUT2D eigenvalue weighted by atomic mass is 16.6. The third-order valence-corrected chi connectivity index (χ3v) is 3.66. The Bertz CT molecular complexity index is 663. The minimum Gasteiger partial charge on any atom is -0.497 e. The van der Waals surface area contributed by atoms with Gasteiger partial charge in [-0.25, -0.2) is 9.78 Å². The van der Waals surface area contributed by atoms with Gasteiger partial charge in [-0.3, -0.25) is 0 Å². The van der Waals surface area contributed by atoms with Crippen LogP contribution in [-0.4, -0.2) is 30.8 Å². The van der Waals surface area contributed by atoms with Gasteiger partial charge in [0.2, 0.25) is 5.89 Å². The summed E-state index contributed by atoms with van der Waals surface area (Å²) in [6.45, 7) is 6.41. The molecule has 1 heterocycles. The van der Waals surface area contributed by atoms with Crippen molar-refractivity contribution in [2.45, 2.75) is 39.9 Å². The molecule has 0 spiro atoms. The zero-order valence-electron chi connectivity index (χ0n) is 15.2. The number of methoxy groups -OCH3 is 1. The maximum absolute atomic E-state index is 11.9. The summed E-state index contributed by atoms with van der Waals surface area (Å²) in [5.74, 6) is 1.83. The van der Waals surface area contributed by atoms with E-state index in [1.54, 1.807) is 20.2 Å². The molecule has 6 heteroatoms. The van der Waals surface area contributed by atoms with E-state index in [0.29, 0.717) is 24.2 Å². The quantitative estimate of drug-likeness (QED) is 0.642. The number of carbonyl (C=O) groups is 1. The van der Waals surface area contributed by atoms with Crippen LogP contribution in [0.15, 0.2) is 34.9 Å². The molecule has 1 atom stereocenters. The van der Waals surface area contributed by atoms with E-state index in [4.69, 9.17) is 18.6 Å². The molecule has 0 saturated carbocycles. The van der Waals surface area contributed by atoms with Gasteiger partial charge in [-0.1, -0.05) is 13.8 Å². The van der Waals surface area contributed by atoms with Gasteiger partial charge in [-0.2, -0.15) is 0 Å². The molecule has 0 radical (unpaired) electrons. The number of carbonyl (C=O) groups excluding carboxylic acids is 1. The summed E-state index contributed by atoms with van der Waals surface area (Å²) in [7, 11) is 1.61. The van der Waals surface area contributed by atoms with Gasteiger partial charge in [0.15, 0.2) is 18.5 Å². The van der Waals surface area contributed by atoms with Crippen LogP contribution >= 0.6 is 0 Å². The summed E-state index contributed by atoms with van der Waals surface area (Å²) < 4.78 is 21.4. The fraction of sp³-hybridized carbons (Fsp3) is 0.474. The summed E-state index contributed by atoms with van der Waals surface area (Å²) in [4.78, 5) is 16.0. The number of hydrogen-bond donors (Lipinski definition) is 0. The van der Waals surface area contributed by atoms with Crippen molar-refractivity contribution in [2.24, 2.45) is 5.92 Å². The summed E-state index contributed by atoms with van der Waals surface area (Å²) in [5, 5.41) is 0. The van der Waals surface area contributed by atoms with Crippen LogP contribution in [0.1, 0.15) is 33.1 Å². The normalized spacial score (nSPS) is 12.2. The molecular weight excluding hydrogens is 322 g/mol. The molecule has 2 rings (SSSR count). The number of rotatable bonds is 9. The predicted molar refractivity (Wildman–Crippen MR) is 93.2 cm³/mol. The van der Waals surface area contributed by atoms with E-state index in [2.05, 4.69) is 18.8 Å². The monoisotopic (exact) mass is 347 g/mol. The van der Waals surface area contributed by atoms with E-state index >= 15 is 0 Å². The predicted octanol–water partition coefficient (Wildman–Crippen LogP) is 3.84. The molecule has 2 aromatic rings. The second-order valence-corrected chi connectivity index (χ2v) is 6.15. The van der Waals surface area contributed by atoms with Gasteiger partial charge in [0, 0.05) is 12.2 Å². The molecule has 136 valence electrons. The first-order valence-electron chi connectivity index (χ1n) is 8.37. The summed E-state index contributed by atoms with van der Waals surface area (Å²) in [6.07, 6.45) is 1.91. The van der Waals surface area contributed by atoms with Gasteiger partial charge in [0.25, 0.3) is 0 Å². The first-order chi connectivity index (χ1) is 12.0. The van der Waals surface area contributed by atoms with Gasteiger partial charge in [-0.15, -0.1) is 0 Å². The lowest BCUT2D eigenvalue weighted by atomic mass is 10.1. The van der Waals surface area contributed by atoms with Crippen molar-refractivity contribution in [1.29, 1.82) is 0 Å². The Morgan fingerprint density at radius 2 is 1.92 bits per heavy atom. The molecule has 0 amide bonds. The zero-order chi connectivity index (χ0) is 18.2. The molecule has 1 aromatic heterocycles. The number of oxazole rings is 1. The molecule has 1 unspecified atom stereocenters. The fourth-order valence-electron chi connectivity index (χ4n) is 2.06. The third-order valence-electron chi connectivity index (χ3n) is 3.66. The molecule has 0 bridgehead atoms. The topological polar surface area (TPSA) is 70.8 Å². The maximum atomic E-state index is 11.9. The van der Waals surface area contributed by atoms with Crippen LogP contribution in [0.2, 0.25) is 0 Å². The second kappa shape index (κ2) is 9.22. The summed E-state index contributed by atoms with van der Waals surface area (Å²) in [6, 6.07) is 7.43. The van der Waals surface area contributed by atoms with Gasteiger partial charge >= 0.3 is 5.97 Å². The molecule has 0 N–H and O–H groups in total. The van der Waals surface area contributed by atoms with E-state index < -0.39 is 12.1 Å². The molecule has 0 aliphatic rings.